The molecule has 33 heavy (non-hydrogen) atoms. The van der Waals surface area contributed by atoms with E-state index in [9.17, 15) is 0 Å². The molecule has 0 aliphatic carbocycles. The van der Waals surface area contributed by atoms with Gasteiger partial charge in [0.2, 0.25) is 0 Å². The zero-order valence-electron chi connectivity index (χ0n) is 20.4. The van der Waals surface area contributed by atoms with Gasteiger partial charge >= 0.3 is 0 Å². The van der Waals surface area contributed by atoms with Gasteiger partial charge in [-0.1, -0.05) is 12.2 Å². The molecule has 2 atom stereocenters. The molecule has 0 spiro atoms. The molecule has 0 bridgehead atoms. The first kappa shape index (κ1) is 22.5. The van der Waals surface area contributed by atoms with E-state index in [1.807, 2.05) is 0 Å². The molecule has 0 amide bonds. The van der Waals surface area contributed by atoms with Crippen LogP contribution in [0.15, 0.2) is 58.9 Å². The third-order valence-electron chi connectivity index (χ3n) is 7.88. The maximum Gasteiger partial charge on any atom is 0.0863 e. The van der Waals surface area contributed by atoms with E-state index in [1.54, 1.807) is 0 Å². The highest BCUT2D eigenvalue weighted by Gasteiger charge is 2.29. The van der Waals surface area contributed by atoms with Crippen LogP contribution in [-0.2, 0) is 0 Å². The minimum absolute atomic E-state index is 0.0288. The molecule has 5 rings (SSSR count). The molecule has 5 aliphatic rings. The van der Waals surface area contributed by atoms with Crippen molar-refractivity contribution in [3.05, 3.63) is 58.9 Å². The predicted octanol–water partition coefficient (Wildman–Crippen LogP) is 3.01. The second-order valence-corrected chi connectivity index (χ2v) is 10.1. The van der Waals surface area contributed by atoms with E-state index < -0.39 is 0 Å². The lowest BCUT2D eigenvalue weighted by atomic mass is 9.97. The minimum atomic E-state index is 0.0288. The van der Waals surface area contributed by atoms with Crippen LogP contribution >= 0.6 is 0 Å². The van der Waals surface area contributed by atoms with Crippen LogP contribution in [0.25, 0.3) is 0 Å². The fraction of sp³-hybridized carbons (Fsp3) is 0.630. The molecule has 5 aliphatic heterocycles. The van der Waals surface area contributed by atoms with E-state index in [2.05, 4.69) is 62.6 Å². The molecule has 5 heterocycles. The summed E-state index contributed by atoms with van der Waals surface area (Å²) in [4.78, 5) is 7.60. The average molecular weight is 451 g/mol. The van der Waals surface area contributed by atoms with Crippen molar-refractivity contribution in [2.75, 3.05) is 45.8 Å². The number of nitrogens with two attached hydrogens (primary N) is 1. The van der Waals surface area contributed by atoms with Crippen LogP contribution in [0.2, 0.25) is 0 Å². The molecule has 0 radical (unpaired) electrons. The van der Waals surface area contributed by atoms with Crippen LogP contribution in [0.4, 0.5) is 0 Å². The largest absolute Gasteiger partial charge is 0.400 e. The van der Waals surface area contributed by atoms with E-state index in [4.69, 9.17) is 5.73 Å². The molecule has 0 aromatic carbocycles. The van der Waals surface area contributed by atoms with Crippen molar-refractivity contribution in [2.24, 2.45) is 5.73 Å². The Morgan fingerprint density at radius 1 is 0.970 bits per heavy atom. The molecule has 3 saturated heterocycles. The zero-order valence-corrected chi connectivity index (χ0v) is 20.4. The molecular formula is C27H42N6. The first-order valence-corrected chi connectivity index (χ1v) is 13.2. The SMILES string of the molecule is C/C=C(\C=C(/N)C1C=C(N2CCCC2)C=C(C2CC(N3CCCC3)=CCN2)N1)N1CCCC1. The highest BCUT2D eigenvalue weighted by atomic mass is 15.2. The Bertz CT molecular complexity index is 848. The van der Waals surface area contributed by atoms with Crippen molar-refractivity contribution in [1.29, 1.82) is 0 Å². The third kappa shape index (κ3) is 5.11. The number of hydrogen-bond acceptors (Lipinski definition) is 6. The van der Waals surface area contributed by atoms with E-state index in [0.717, 1.165) is 44.8 Å². The first-order chi connectivity index (χ1) is 16.2. The number of nitrogens with zero attached hydrogens (tertiary/aromatic N) is 3. The van der Waals surface area contributed by atoms with Gasteiger partial charge in [-0.05, 0) is 63.7 Å². The number of nitrogens with one attached hydrogen (secondary N) is 2. The van der Waals surface area contributed by atoms with Crippen LogP contribution in [0.5, 0.6) is 0 Å². The summed E-state index contributed by atoms with van der Waals surface area (Å²) >= 11 is 0. The van der Waals surface area contributed by atoms with Crippen LogP contribution in [0, 0.1) is 0 Å². The number of hydrogen-bond donors (Lipinski definition) is 3. The lowest BCUT2D eigenvalue weighted by Crippen LogP contribution is -2.47. The predicted molar refractivity (Wildman–Crippen MR) is 136 cm³/mol. The van der Waals surface area contributed by atoms with Crippen molar-refractivity contribution in [3.63, 3.8) is 0 Å². The lowest BCUT2D eigenvalue weighted by molar-refractivity contribution is 0.370. The van der Waals surface area contributed by atoms with E-state index in [-0.39, 0.29) is 6.04 Å². The Morgan fingerprint density at radius 3 is 2.33 bits per heavy atom. The maximum absolute atomic E-state index is 6.77. The highest BCUT2D eigenvalue weighted by Crippen LogP contribution is 2.28. The number of dihydropyridines is 1. The highest BCUT2D eigenvalue weighted by molar-refractivity contribution is 5.39. The number of rotatable bonds is 6. The van der Waals surface area contributed by atoms with Gasteiger partial charge in [-0.15, -0.1) is 0 Å². The van der Waals surface area contributed by atoms with Gasteiger partial charge in [0.25, 0.3) is 0 Å². The van der Waals surface area contributed by atoms with Gasteiger partial charge in [-0.2, -0.15) is 0 Å². The van der Waals surface area contributed by atoms with Gasteiger partial charge in [0.15, 0.2) is 0 Å². The summed E-state index contributed by atoms with van der Waals surface area (Å²) in [6.45, 7) is 10.1. The molecule has 3 fully saturated rings. The van der Waals surface area contributed by atoms with Crippen LogP contribution in [0.3, 0.4) is 0 Å². The Balaban J connectivity index is 1.36. The van der Waals surface area contributed by atoms with E-state index in [1.165, 1.54) is 74.4 Å². The van der Waals surface area contributed by atoms with Crippen LogP contribution in [0.1, 0.15) is 51.9 Å². The smallest absolute Gasteiger partial charge is 0.0863 e. The number of likely N-dealkylation sites (tertiary alicyclic amines) is 3. The molecule has 6 heteroatoms. The number of allylic oxidation sites excluding steroid dienone is 3. The summed E-state index contributed by atoms with van der Waals surface area (Å²) in [5, 5.41) is 7.57. The second kappa shape index (κ2) is 10.3. The van der Waals surface area contributed by atoms with Gasteiger partial charge in [-0.3, -0.25) is 0 Å². The molecule has 0 aromatic rings. The topological polar surface area (TPSA) is 59.8 Å². The first-order valence-electron chi connectivity index (χ1n) is 13.2. The Kier molecular flexibility index (Phi) is 7.00. The maximum atomic E-state index is 6.77. The normalized spacial score (nSPS) is 29.2. The average Bonchev–Trinajstić information content (AvgIpc) is 3.65. The minimum Gasteiger partial charge on any atom is -0.400 e. The molecular weight excluding hydrogens is 408 g/mol. The van der Waals surface area contributed by atoms with Gasteiger partial charge in [0.1, 0.15) is 0 Å². The van der Waals surface area contributed by atoms with Crippen LogP contribution in [-0.4, -0.2) is 72.6 Å². The third-order valence-corrected chi connectivity index (χ3v) is 7.88. The van der Waals surface area contributed by atoms with Gasteiger partial charge in [0.05, 0.1) is 12.1 Å². The van der Waals surface area contributed by atoms with Crippen molar-refractivity contribution < 1.29 is 0 Å². The summed E-state index contributed by atoms with van der Waals surface area (Å²) in [6.07, 6.45) is 20.4. The summed E-state index contributed by atoms with van der Waals surface area (Å²) in [7, 11) is 0. The molecule has 6 nitrogen and oxygen atoms in total. The quantitative estimate of drug-likeness (QED) is 0.541. The van der Waals surface area contributed by atoms with E-state index >= 15 is 0 Å². The molecule has 2 unspecified atom stereocenters. The van der Waals surface area contributed by atoms with Crippen molar-refractivity contribution >= 4 is 0 Å². The Labute approximate surface area is 199 Å². The van der Waals surface area contributed by atoms with Gasteiger partial charge in [0, 0.05) is 80.7 Å². The van der Waals surface area contributed by atoms with Crippen LogP contribution < -0.4 is 16.4 Å². The monoisotopic (exact) mass is 450 g/mol. The van der Waals surface area contributed by atoms with Crippen molar-refractivity contribution in [3.8, 4) is 0 Å². The fourth-order valence-corrected chi connectivity index (χ4v) is 5.95. The molecule has 180 valence electrons. The van der Waals surface area contributed by atoms with Crippen molar-refractivity contribution in [2.45, 2.75) is 64.0 Å². The standard InChI is InChI=1S/C27H42N6/c1-2-21(31-11-3-4-12-31)17-24(28)25-19-23(33-15-7-8-16-33)20-27(30-25)26-18-22(9-10-29-26)32-13-5-6-14-32/h2,9,17,19-20,25-26,29-30H,3-8,10-16,18,28H2,1H3/b21-2+,24-17-. The Morgan fingerprint density at radius 2 is 1.64 bits per heavy atom. The van der Waals surface area contributed by atoms with Crippen molar-refractivity contribution in [1.82, 2.24) is 25.3 Å². The summed E-state index contributed by atoms with van der Waals surface area (Å²) in [6, 6.07) is 0.341. The molecule has 4 N–H and O–H groups in total. The summed E-state index contributed by atoms with van der Waals surface area (Å²) in [5.74, 6) is 0. The van der Waals surface area contributed by atoms with E-state index in [0.29, 0.717) is 6.04 Å². The Hall–Kier alpha value is -2.34. The lowest BCUT2D eigenvalue weighted by Gasteiger charge is -2.36. The molecule has 0 aromatic heterocycles. The summed E-state index contributed by atoms with van der Waals surface area (Å²) in [5.41, 5.74) is 13.1. The van der Waals surface area contributed by atoms with Gasteiger partial charge in [-0.25, -0.2) is 0 Å². The molecule has 0 saturated carbocycles. The fourth-order valence-electron chi connectivity index (χ4n) is 5.95. The zero-order chi connectivity index (χ0) is 22.6. The summed E-state index contributed by atoms with van der Waals surface area (Å²) < 4.78 is 0. The second-order valence-electron chi connectivity index (χ2n) is 10.1. The van der Waals surface area contributed by atoms with Gasteiger partial charge < -0.3 is 31.1 Å².